The minimum atomic E-state index is 0.563. The van der Waals surface area contributed by atoms with Gasteiger partial charge in [-0.25, -0.2) is 4.98 Å². The second kappa shape index (κ2) is 6.75. The van der Waals surface area contributed by atoms with Gasteiger partial charge in [0, 0.05) is 19.3 Å². The number of anilines is 1. The van der Waals surface area contributed by atoms with Gasteiger partial charge in [-0.3, -0.25) is 0 Å². The Morgan fingerprint density at radius 1 is 1.50 bits per heavy atom. The lowest BCUT2D eigenvalue weighted by molar-refractivity contribution is 0.151. The molecule has 0 atom stereocenters. The molecule has 4 nitrogen and oxygen atoms in total. The van der Waals surface area contributed by atoms with Crippen LogP contribution in [0, 0.1) is 0 Å². The number of aromatic nitrogens is 1. The van der Waals surface area contributed by atoms with E-state index in [0.29, 0.717) is 19.8 Å². The first-order chi connectivity index (χ1) is 6.84. The molecule has 0 bridgehead atoms. The molecule has 0 fully saturated rings. The quantitative estimate of drug-likeness (QED) is 0.755. The maximum absolute atomic E-state index is 5.28. The van der Waals surface area contributed by atoms with Crippen LogP contribution in [0.15, 0.2) is 22.8 Å². The van der Waals surface area contributed by atoms with Crippen LogP contribution >= 0.6 is 15.9 Å². The van der Waals surface area contributed by atoms with Gasteiger partial charge in [0.2, 0.25) is 0 Å². The van der Waals surface area contributed by atoms with Gasteiger partial charge in [-0.05, 0) is 28.1 Å². The van der Waals surface area contributed by atoms with Crippen LogP contribution < -0.4 is 11.1 Å². The Kier molecular flexibility index (Phi) is 5.51. The molecule has 1 rings (SSSR count). The summed E-state index contributed by atoms with van der Waals surface area (Å²) in [7, 11) is 0. The number of hydrogen-bond acceptors (Lipinski definition) is 4. The Morgan fingerprint density at radius 3 is 3.07 bits per heavy atom. The second-order valence-electron chi connectivity index (χ2n) is 2.66. The van der Waals surface area contributed by atoms with Gasteiger partial charge in [0.1, 0.15) is 5.82 Å². The van der Waals surface area contributed by atoms with E-state index in [-0.39, 0.29) is 0 Å². The molecule has 5 heteroatoms. The van der Waals surface area contributed by atoms with E-state index in [1.54, 1.807) is 6.20 Å². The zero-order valence-electron chi connectivity index (χ0n) is 7.87. The van der Waals surface area contributed by atoms with Crippen molar-refractivity contribution in [1.82, 2.24) is 4.98 Å². The van der Waals surface area contributed by atoms with E-state index < -0.39 is 0 Å². The summed E-state index contributed by atoms with van der Waals surface area (Å²) in [6.45, 7) is 2.54. The molecule has 3 N–H and O–H groups in total. The van der Waals surface area contributed by atoms with E-state index in [4.69, 9.17) is 10.5 Å². The molecule has 0 aliphatic rings. The third-order valence-corrected chi connectivity index (χ3v) is 2.20. The summed E-state index contributed by atoms with van der Waals surface area (Å²) in [6, 6.07) is 3.82. The molecular weight excluding hydrogens is 246 g/mol. The van der Waals surface area contributed by atoms with Crippen molar-refractivity contribution in [2.24, 2.45) is 5.73 Å². The van der Waals surface area contributed by atoms with Gasteiger partial charge in [-0.15, -0.1) is 0 Å². The maximum Gasteiger partial charge on any atom is 0.140 e. The van der Waals surface area contributed by atoms with Crippen LogP contribution in [0.3, 0.4) is 0 Å². The molecule has 0 saturated carbocycles. The van der Waals surface area contributed by atoms with Crippen molar-refractivity contribution in [3.8, 4) is 0 Å². The van der Waals surface area contributed by atoms with E-state index in [1.165, 1.54) is 0 Å². The van der Waals surface area contributed by atoms with Crippen LogP contribution in [0.2, 0.25) is 0 Å². The molecule has 0 spiro atoms. The van der Waals surface area contributed by atoms with E-state index in [2.05, 4.69) is 26.2 Å². The summed E-state index contributed by atoms with van der Waals surface area (Å²) in [4.78, 5) is 4.16. The number of halogens is 1. The lowest BCUT2D eigenvalue weighted by Crippen LogP contribution is -2.15. The van der Waals surface area contributed by atoms with Crippen LogP contribution in [0.4, 0.5) is 5.82 Å². The molecule has 0 aliphatic heterocycles. The molecule has 1 heterocycles. The van der Waals surface area contributed by atoms with Crippen molar-refractivity contribution < 1.29 is 4.74 Å². The molecule has 1 aromatic heterocycles. The van der Waals surface area contributed by atoms with E-state index in [0.717, 1.165) is 16.8 Å². The molecule has 0 saturated heterocycles. The van der Waals surface area contributed by atoms with Crippen LogP contribution in [0.1, 0.15) is 0 Å². The molecule has 0 unspecified atom stereocenters. The molecular formula is C9H14BrN3O. The predicted molar refractivity (Wildman–Crippen MR) is 60.3 cm³/mol. The number of nitrogens with zero attached hydrogens (tertiary/aromatic N) is 1. The summed E-state index contributed by atoms with van der Waals surface area (Å²) in [5.74, 6) is 0.837. The zero-order valence-corrected chi connectivity index (χ0v) is 9.46. The maximum atomic E-state index is 5.28. The summed E-state index contributed by atoms with van der Waals surface area (Å²) in [5.41, 5.74) is 5.28. The Balaban J connectivity index is 2.21. The number of nitrogens with two attached hydrogens (primary N) is 1. The average molecular weight is 260 g/mol. The van der Waals surface area contributed by atoms with Crippen molar-refractivity contribution in [3.63, 3.8) is 0 Å². The largest absolute Gasteiger partial charge is 0.378 e. The van der Waals surface area contributed by atoms with Crippen molar-refractivity contribution in [2.45, 2.75) is 0 Å². The third kappa shape index (κ3) is 4.04. The topological polar surface area (TPSA) is 60.2 Å². The highest BCUT2D eigenvalue weighted by Gasteiger charge is 1.97. The number of hydrogen-bond donors (Lipinski definition) is 2. The van der Waals surface area contributed by atoms with E-state index >= 15 is 0 Å². The first-order valence-electron chi connectivity index (χ1n) is 4.47. The fourth-order valence-electron chi connectivity index (χ4n) is 0.943. The molecule has 1 aromatic rings. The van der Waals surface area contributed by atoms with Crippen molar-refractivity contribution in [1.29, 1.82) is 0 Å². The Bertz CT molecular complexity index is 270. The van der Waals surface area contributed by atoms with Crippen molar-refractivity contribution >= 4 is 21.7 Å². The van der Waals surface area contributed by atoms with Gasteiger partial charge in [0.15, 0.2) is 0 Å². The first-order valence-corrected chi connectivity index (χ1v) is 5.26. The molecule has 0 aromatic carbocycles. The standard InChI is InChI=1S/C9H14BrN3O/c10-8-2-1-4-12-9(8)13-5-7-14-6-3-11/h1-2,4H,3,5-7,11H2,(H,12,13). The normalized spacial score (nSPS) is 10.1. The molecule has 78 valence electrons. The summed E-state index contributed by atoms with van der Waals surface area (Å²) in [6.07, 6.45) is 1.74. The summed E-state index contributed by atoms with van der Waals surface area (Å²) in [5, 5.41) is 3.15. The van der Waals surface area contributed by atoms with Crippen LogP contribution in [-0.2, 0) is 4.74 Å². The van der Waals surface area contributed by atoms with Crippen LogP contribution in [0.5, 0.6) is 0 Å². The predicted octanol–water partition coefficient (Wildman–Crippen LogP) is 1.23. The Morgan fingerprint density at radius 2 is 2.36 bits per heavy atom. The Hall–Kier alpha value is -0.650. The van der Waals surface area contributed by atoms with Gasteiger partial charge in [-0.1, -0.05) is 0 Å². The first kappa shape index (κ1) is 11.4. The summed E-state index contributed by atoms with van der Waals surface area (Å²) >= 11 is 3.39. The number of ether oxygens (including phenoxy) is 1. The lowest BCUT2D eigenvalue weighted by Gasteiger charge is -2.06. The smallest absolute Gasteiger partial charge is 0.140 e. The highest BCUT2D eigenvalue weighted by Crippen LogP contribution is 2.17. The van der Waals surface area contributed by atoms with Crippen molar-refractivity contribution in [3.05, 3.63) is 22.8 Å². The fourth-order valence-corrected chi connectivity index (χ4v) is 1.34. The number of nitrogens with one attached hydrogen (secondary N) is 1. The van der Waals surface area contributed by atoms with E-state index in [1.807, 2.05) is 12.1 Å². The van der Waals surface area contributed by atoms with Gasteiger partial charge < -0.3 is 15.8 Å². The van der Waals surface area contributed by atoms with Gasteiger partial charge in [-0.2, -0.15) is 0 Å². The SMILES string of the molecule is NCCOCCNc1ncccc1Br. The van der Waals surface area contributed by atoms with Gasteiger partial charge >= 0.3 is 0 Å². The monoisotopic (exact) mass is 259 g/mol. The molecule has 0 aliphatic carbocycles. The zero-order chi connectivity index (χ0) is 10.2. The van der Waals surface area contributed by atoms with Crippen LogP contribution in [0.25, 0.3) is 0 Å². The lowest BCUT2D eigenvalue weighted by atomic mass is 10.4. The summed E-state index contributed by atoms with van der Waals surface area (Å²) < 4.78 is 6.17. The van der Waals surface area contributed by atoms with Crippen molar-refractivity contribution in [2.75, 3.05) is 31.6 Å². The fraction of sp³-hybridized carbons (Fsp3) is 0.444. The van der Waals surface area contributed by atoms with Gasteiger partial charge in [0.05, 0.1) is 17.7 Å². The molecule has 0 amide bonds. The van der Waals surface area contributed by atoms with Crippen LogP contribution in [-0.4, -0.2) is 31.3 Å². The number of rotatable bonds is 6. The number of pyridine rings is 1. The van der Waals surface area contributed by atoms with Gasteiger partial charge in [0.25, 0.3) is 0 Å². The third-order valence-electron chi connectivity index (χ3n) is 1.56. The highest BCUT2D eigenvalue weighted by molar-refractivity contribution is 9.10. The minimum absolute atomic E-state index is 0.563. The minimum Gasteiger partial charge on any atom is -0.378 e. The highest BCUT2D eigenvalue weighted by atomic mass is 79.9. The molecule has 14 heavy (non-hydrogen) atoms. The molecule has 0 radical (unpaired) electrons. The average Bonchev–Trinajstić information content (AvgIpc) is 2.20. The Labute approximate surface area is 92.0 Å². The second-order valence-corrected chi connectivity index (χ2v) is 3.52. The van der Waals surface area contributed by atoms with E-state index in [9.17, 15) is 0 Å².